The molecule has 1 heterocycles. The molecule has 1 amide bonds. The molecular weight excluding hydrogens is 326 g/mol. The number of thiophene rings is 1. The molecule has 0 saturated carbocycles. The first-order chi connectivity index (χ1) is 10.4. The van der Waals surface area contributed by atoms with Gasteiger partial charge in [0.2, 0.25) is 5.91 Å². The van der Waals surface area contributed by atoms with E-state index in [0.717, 1.165) is 11.3 Å². The summed E-state index contributed by atoms with van der Waals surface area (Å²) in [6, 6.07) is 9.26. The van der Waals surface area contributed by atoms with Crippen LogP contribution < -0.4 is 5.32 Å². The normalized spacial score (nSPS) is 11.0. The zero-order valence-electron chi connectivity index (χ0n) is 11.6. The number of amides is 1. The van der Waals surface area contributed by atoms with Gasteiger partial charge in [0.25, 0.3) is 0 Å². The Morgan fingerprint density at radius 2 is 1.91 bits per heavy atom. The van der Waals surface area contributed by atoms with Crippen LogP contribution in [0.15, 0.2) is 46.0 Å². The Labute approximate surface area is 131 Å². The SMILES string of the molecule is COC(=O)c1ccccc1NC(=O)CS(=O)(=O)c1cccs1. The topological polar surface area (TPSA) is 89.5 Å². The number of hydrogen-bond acceptors (Lipinski definition) is 6. The number of anilines is 1. The molecule has 6 nitrogen and oxygen atoms in total. The fraction of sp³-hybridized carbons (Fsp3) is 0.143. The average Bonchev–Trinajstić information content (AvgIpc) is 3.01. The molecule has 0 aliphatic heterocycles. The average molecular weight is 339 g/mol. The summed E-state index contributed by atoms with van der Waals surface area (Å²) in [7, 11) is -2.46. The molecule has 2 rings (SSSR count). The highest BCUT2D eigenvalue weighted by Gasteiger charge is 2.21. The third kappa shape index (κ3) is 3.71. The Kier molecular flexibility index (Phi) is 4.94. The van der Waals surface area contributed by atoms with Crippen molar-refractivity contribution < 1.29 is 22.7 Å². The summed E-state index contributed by atoms with van der Waals surface area (Å²) in [6.07, 6.45) is 0. The van der Waals surface area contributed by atoms with E-state index in [0.29, 0.717) is 0 Å². The van der Waals surface area contributed by atoms with Crippen LogP contribution in [-0.2, 0) is 19.4 Å². The maximum atomic E-state index is 12.0. The van der Waals surface area contributed by atoms with Gasteiger partial charge < -0.3 is 10.1 Å². The molecule has 0 radical (unpaired) electrons. The molecule has 0 fully saturated rings. The minimum Gasteiger partial charge on any atom is -0.465 e. The third-order valence-corrected chi connectivity index (χ3v) is 5.83. The lowest BCUT2D eigenvalue weighted by Gasteiger charge is -2.09. The second-order valence-electron chi connectivity index (χ2n) is 4.28. The van der Waals surface area contributed by atoms with Crippen molar-refractivity contribution >= 4 is 38.7 Å². The Morgan fingerprint density at radius 1 is 1.18 bits per heavy atom. The maximum Gasteiger partial charge on any atom is 0.339 e. The van der Waals surface area contributed by atoms with Gasteiger partial charge in [-0.25, -0.2) is 13.2 Å². The maximum absolute atomic E-state index is 12.0. The summed E-state index contributed by atoms with van der Waals surface area (Å²) in [5.74, 6) is -2.02. The summed E-state index contributed by atoms with van der Waals surface area (Å²) < 4.78 is 28.8. The van der Waals surface area contributed by atoms with Crippen molar-refractivity contribution in [2.24, 2.45) is 0 Å². The quantitative estimate of drug-likeness (QED) is 0.841. The van der Waals surface area contributed by atoms with E-state index in [1.165, 1.54) is 25.3 Å². The molecule has 1 aromatic carbocycles. The number of carbonyl (C=O) groups is 2. The van der Waals surface area contributed by atoms with Crippen LogP contribution >= 0.6 is 11.3 Å². The number of ether oxygens (including phenoxy) is 1. The molecule has 1 aromatic heterocycles. The molecule has 22 heavy (non-hydrogen) atoms. The first-order valence-electron chi connectivity index (χ1n) is 6.17. The molecule has 8 heteroatoms. The van der Waals surface area contributed by atoms with Gasteiger partial charge in [-0.3, -0.25) is 4.79 Å². The van der Waals surface area contributed by atoms with Crippen molar-refractivity contribution in [1.29, 1.82) is 0 Å². The van der Waals surface area contributed by atoms with E-state index < -0.39 is 27.5 Å². The second kappa shape index (κ2) is 6.71. The number of carbonyl (C=O) groups excluding carboxylic acids is 2. The zero-order valence-corrected chi connectivity index (χ0v) is 13.2. The van der Waals surface area contributed by atoms with Crippen molar-refractivity contribution in [1.82, 2.24) is 0 Å². The van der Waals surface area contributed by atoms with Crippen LogP contribution in [0.3, 0.4) is 0 Å². The van der Waals surface area contributed by atoms with Gasteiger partial charge in [0.15, 0.2) is 9.84 Å². The van der Waals surface area contributed by atoms with Crippen LogP contribution in [0.25, 0.3) is 0 Å². The Balaban J connectivity index is 2.15. The van der Waals surface area contributed by atoms with Crippen molar-refractivity contribution in [2.45, 2.75) is 4.21 Å². The number of nitrogens with one attached hydrogen (secondary N) is 1. The Bertz CT molecular complexity index is 781. The fourth-order valence-electron chi connectivity index (χ4n) is 1.75. The molecule has 1 N–H and O–H groups in total. The van der Waals surface area contributed by atoms with Crippen LogP contribution in [0, 0.1) is 0 Å². The minimum absolute atomic E-state index is 0.129. The van der Waals surface area contributed by atoms with Gasteiger partial charge in [-0.15, -0.1) is 11.3 Å². The zero-order chi connectivity index (χ0) is 16.2. The van der Waals surface area contributed by atoms with E-state index in [-0.39, 0.29) is 15.5 Å². The molecule has 116 valence electrons. The lowest BCUT2D eigenvalue weighted by molar-refractivity contribution is -0.113. The molecule has 2 aromatic rings. The lowest BCUT2D eigenvalue weighted by atomic mass is 10.2. The lowest BCUT2D eigenvalue weighted by Crippen LogP contribution is -2.23. The van der Waals surface area contributed by atoms with Gasteiger partial charge in [0, 0.05) is 0 Å². The molecule has 0 atom stereocenters. The fourth-order valence-corrected chi connectivity index (χ4v) is 3.97. The van der Waals surface area contributed by atoms with Gasteiger partial charge in [-0.1, -0.05) is 18.2 Å². The molecule has 0 bridgehead atoms. The molecule has 0 unspecified atom stereocenters. The number of sulfone groups is 1. The van der Waals surface area contributed by atoms with Crippen LogP contribution in [0.2, 0.25) is 0 Å². The van der Waals surface area contributed by atoms with Crippen molar-refractivity contribution in [3.63, 3.8) is 0 Å². The summed E-state index contributed by atoms with van der Waals surface area (Å²) >= 11 is 1.05. The van der Waals surface area contributed by atoms with Crippen LogP contribution in [0.1, 0.15) is 10.4 Å². The van der Waals surface area contributed by atoms with Gasteiger partial charge in [0.1, 0.15) is 9.96 Å². The predicted molar refractivity (Wildman–Crippen MR) is 82.8 cm³/mol. The van der Waals surface area contributed by atoms with Crippen LogP contribution in [0.4, 0.5) is 5.69 Å². The number of methoxy groups -OCH3 is 1. The first-order valence-corrected chi connectivity index (χ1v) is 8.70. The summed E-state index contributed by atoms with van der Waals surface area (Å²) in [4.78, 5) is 23.5. The van der Waals surface area contributed by atoms with E-state index in [1.807, 2.05) is 0 Å². The standard InChI is InChI=1S/C14H13NO5S2/c1-20-14(17)10-5-2-3-6-11(10)15-12(16)9-22(18,19)13-7-4-8-21-13/h2-8H,9H2,1H3,(H,15,16). The molecule has 0 saturated heterocycles. The summed E-state index contributed by atoms with van der Waals surface area (Å²) in [5.41, 5.74) is 0.368. The largest absolute Gasteiger partial charge is 0.465 e. The van der Waals surface area contributed by atoms with E-state index in [1.54, 1.807) is 23.6 Å². The highest BCUT2D eigenvalue weighted by atomic mass is 32.2. The molecule has 0 spiro atoms. The van der Waals surface area contributed by atoms with Gasteiger partial charge in [0.05, 0.1) is 18.4 Å². The van der Waals surface area contributed by atoms with E-state index in [9.17, 15) is 18.0 Å². The van der Waals surface area contributed by atoms with Gasteiger partial charge in [-0.05, 0) is 23.6 Å². The van der Waals surface area contributed by atoms with Crippen molar-refractivity contribution in [3.05, 3.63) is 47.3 Å². The number of rotatable bonds is 5. The van der Waals surface area contributed by atoms with E-state index in [4.69, 9.17) is 0 Å². The van der Waals surface area contributed by atoms with Crippen molar-refractivity contribution in [2.75, 3.05) is 18.2 Å². The van der Waals surface area contributed by atoms with E-state index in [2.05, 4.69) is 10.1 Å². The number of benzene rings is 1. The molecule has 0 aliphatic carbocycles. The van der Waals surface area contributed by atoms with Crippen LogP contribution in [-0.4, -0.2) is 33.2 Å². The second-order valence-corrected chi connectivity index (χ2v) is 7.44. The molecule has 0 aliphatic rings. The third-order valence-electron chi connectivity index (χ3n) is 2.73. The Morgan fingerprint density at radius 3 is 2.55 bits per heavy atom. The summed E-state index contributed by atoms with van der Waals surface area (Å²) in [6.45, 7) is 0. The number of hydrogen-bond donors (Lipinski definition) is 1. The smallest absolute Gasteiger partial charge is 0.339 e. The monoisotopic (exact) mass is 339 g/mol. The summed E-state index contributed by atoms with van der Waals surface area (Å²) in [5, 5.41) is 4.05. The highest BCUT2D eigenvalue weighted by Crippen LogP contribution is 2.19. The predicted octanol–water partition coefficient (Wildman–Crippen LogP) is 1.95. The van der Waals surface area contributed by atoms with Gasteiger partial charge >= 0.3 is 5.97 Å². The number of para-hydroxylation sites is 1. The number of esters is 1. The Hall–Kier alpha value is -2.19. The highest BCUT2D eigenvalue weighted by molar-refractivity contribution is 7.94. The molecular formula is C14H13NO5S2. The minimum atomic E-state index is -3.68. The van der Waals surface area contributed by atoms with Crippen LogP contribution in [0.5, 0.6) is 0 Å². The van der Waals surface area contributed by atoms with E-state index >= 15 is 0 Å². The van der Waals surface area contributed by atoms with Crippen molar-refractivity contribution in [3.8, 4) is 0 Å². The first kappa shape index (κ1) is 16.2. The van der Waals surface area contributed by atoms with Gasteiger partial charge in [-0.2, -0.15) is 0 Å².